The molecule has 0 spiro atoms. The minimum atomic E-state index is -1.11. The predicted molar refractivity (Wildman–Crippen MR) is 59.6 cm³/mol. The number of ether oxygens (including phenoxy) is 2. The van der Waals surface area contributed by atoms with Crippen LogP contribution in [0.4, 0.5) is 0 Å². The first-order valence-corrected chi connectivity index (χ1v) is 5.84. The highest BCUT2D eigenvalue weighted by molar-refractivity contribution is 5.93. The smallest absolute Gasteiger partial charge is 0.320 e. The SMILES string of the molecule is CCOC(=O)C(CCN1CCOCC1)C(=O)O. The number of hydrogen-bond donors (Lipinski definition) is 1. The molecule has 98 valence electrons. The van der Waals surface area contributed by atoms with Crippen molar-refractivity contribution in [2.45, 2.75) is 13.3 Å². The van der Waals surface area contributed by atoms with E-state index >= 15 is 0 Å². The molecule has 1 saturated heterocycles. The van der Waals surface area contributed by atoms with E-state index in [1.807, 2.05) is 0 Å². The van der Waals surface area contributed by atoms with Crippen LogP contribution in [-0.4, -0.2) is 61.4 Å². The van der Waals surface area contributed by atoms with E-state index in [1.54, 1.807) is 6.92 Å². The molecule has 17 heavy (non-hydrogen) atoms. The van der Waals surface area contributed by atoms with Crippen LogP contribution in [0.2, 0.25) is 0 Å². The third-order valence-corrected chi connectivity index (χ3v) is 2.71. The van der Waals surface area contributed by atoms with Gasteiger partial charge in [0.1, 0.15) is 0 Å². The first-order chi connectivity index (χ1) is 8.15. The maximum absolute atomic E-state index is 11.4. The van der Waals surface area contributed by atoms with Gasteiger partial charge in [0.15, 0.2) is 5.92 Å². The number of carboxylic acid groups (broad SMARTS) is 1. The van der Waals surface area contributed by atoms with Crippen molar-refractivity contribution < 1.29 is 24.2 Å². The lowest BCUT2D eigenvalue weighted by Crippen LogP contribution is -2.39. The minimum absolute atomic E-state index is 0.208. The summed E-state index contributed by atoms with van der Waals surface area (Å²) in [5, 5.41) is 8.96. The van der Waals surface area contributed by atoms with E-state index in [1.165, 1.54) is 0 Å². The van der Waals surface area contributed by atoms with E-state index < -0.39 is 17.9 Å². The third kappa shape index (κ3) is 4.70. The van der Waals surface area contributed by atoms with Gasteiger partial charge in [0.05, 0.1) is 19.8 Å². The summed E-state index contributed by atoms with van der Waals surface area (Å²) in [6.45, 7) is 5.36. The number of hydrogen-bond acceptors (Lipinski definition) is 5. The van der Waals surface area contributed by atoms with Crippen molar-refractivity contribution in [3.8, 4) is 0 Å². The monoisotopic (exact) mass is 245 g/mol. The first-order valence-electron chi connectivity index (χ1n) is 5.84. The fraction of sp³-hybridized carbons (Fsp3) is 0.818. The highest BCUT2D eigenvalue weighted by Crippen LogP contribution is 2.09. The van der Waals surface area contributed by atoms with Gasteiger partial charge in [-0.3, -0.25) is 14.5 Å². The summed E-state index contributed by atoms with van der Waals surface area (Å²) in [5.74, 6) is -2.82. The van der Waals surface area contributed by atoms with Crippen LogP contribution in [0, 0.1) is 5.92 Å². The molecule has 0 saturated carbocycles. The van der Waals surface area contributed by atoms with Gasteiger partial charge in [0.25, 0.3) is 0 Å². The Morgan fingerprint density at radius 3 is 2.59 bits per heavy atom. The van der Waals surface area contributed by atoms with Gasteiger partial charge in [-0.2, -0.15) is 0 Å². The van der Waals surface area contributed by atoms with Crippen molar-refractivity contribution >= 4 is 11.9 Å². The fourth-order valence-electron chi connectivity index (χ4n) is 1.72. The van der Waals surface area contributed by atoms with Gasteiger partial charge in [-0.25, -0.2) is 0 Å². The van der Waals surface area contributed by atoms with Crippen LogP contribution in [0.25, 0.3) is 0 Å². The maximum atomic E-state index is 11.4. The standard InChI is InChI=1S/C11H19NO5/c1-2-17-11(15)9(10(13)14)3-4-12-5-7-16-8-6-12/h9H,2-8H2,1H3,(H,13,14). The molecular formula is C11H19NO5. The van der Waals surface area contributed by atoms with Gasteiger partial charge < -0.3 is 14.6 Å². The van der Waals surface area contributed by atoms with E-state index in [0.717, 1.165) is 13.1 Å². The van der Waals surface area contributed by atoms with Gasteiger partial charge in [0.2, 0.25) is 0 Å². The van der Waals surface area contributed by atoms with Crippen LogP contribution in [0.5, 0.6) is 0 Å². The number of morpholine rings is 1. The number of rotatable bonds is 6. The predicted octanol–water partition coefficient (Wildman–Crippen LogP) is -0.0274. The lowest BCUT2D eigenvalue weighted by Gasteiger charge is -2.27. The third-order valence-electron chi connectivity index (χ3n) is 2.71. The van der Waals surface area contributed by atoms with Gasteiger partial charge in [-0.1, -0.05) is 0 Å². The van der Waals surface area contributed by atoms with Crippen LogP contribution in [0.3, 0.4) is 0 Å². The van der Waals surface area contributed by atoms with Crippen molar-refractivity contribution in [1.82, 2.24) is 4.90 Å². The second-order valence-electron chi connectivity index (χ2n) is 3.89. The molecule has 0 aliphatic carbocycles. The molecule has 0 aromatic heterocycles. The van der Waals surface area contributed by atoms with Crippen LogP contribution in [-0.2, 0) is 19.1 Å². The minimum Gasteiger partial charge on any atom is -0.481 e. The lowest BCUT2D eigenvalue weighted by molar-refractivity contribution is -0.158. The Bertz CT molecular complexity index is 263. The summed E-state index contributed by atoms with van der Waals surface area (Å²) in [7, 11) is 0. The zero-order valence-corrected chi connectivity index (χ0v) is 10.1. The maximum Gasteiger partial charge on any atom is 0.320 e. The van der Waals surface area contributed by atoms with Crippen molar-refractivity contribution in [3.63, 3.8) is 0 Å². The second-order valence-corrected chi connectivity index (χ2v) is 3.89. The topological polar surface area (TPSA) is 76.1 Å². The number of carbonyl (C=O) groups is 2. The van der Waals surface area contributed by atoms with Crippen molar-refractivity contribution in [2.24, 2.45) is 5.92 Å². The molecule has 1 N–H and O–H groups in total. The van der Waals surface area contributed by atoms with E-state index in [4.69, 9.17) is 14.6 Å². The van der Waals surface area contributed by atoms with Crippen LogP contribution in [0.1, 0.15) is 13.3 Å². The largest absolute Gasteiger partial charge is 0.481 e. The molecule has 0 amide bonds. The van der Waals surface area contributed by atoms with E-state index in [-0.39, 0.29) is 13.0 Å². The van der Waals surface area contributed by atoms with Gasteiger partial charge >= 0.3 is 11.9 Å². The summed E-state index contributed by atoms with van der Waals surface area (Å²) in [6, 6.07) is 0. The van der Waals surface area contributed by atoms with Crippen LogP contribution in [0.15, 0.2) is 0 Å². The summed E-state index contributed by atoms with van der Waals surface area (Å²) in [6.07, 6.45) is 0.286. The molecule has 6 heteroatoms. The van der Waals surface area contributed by atoms with Gasteiger partial charge in [-0.15, -0.1) is 0 Å². The van der Waals surface area contributed by atoms with Crippen molar-refractivity contribution in [2.75, 3.05) is 39.5 Å². The quantitative estimate of drug-likeness (QED) is 0.523. The second kappa shape index (κ2) is 7.24. The highest BCUT2D eigenvalue weighted by Gasteiger charge is 2.28. The molecule has 1 aliphatic rings. The Hall–Kier alpha value is -1.14. The number of esters is 1. The molecule has 6 nitrogen and oxygen atoms in total. The number of carboxylic acids is 1. The van der Waals surface area contributed by atoms with E-state index in [2.05, 4.69) is 4.90 Å². The molecule has 0 radical (unpaired) electrons. The molecule has 0 aromatic rings. The van der Waals surface area contributed by atoms with Gasteiger partial charge in [0, 0.05) is 13.1 Å². The molecule has 1 rings (SSSR count). The Labute approximate surface area is 100 Å². The zero-order chi connectivity index (χ0) is 12.7. The Kier molecular flexibility index (Phi) is 5.93. The molecule has 1 fully saturated rings. The summed E-state index contributed by atoms with van der Waals surface area (Å²) in [5.41, 5.74) is 0. The molecule has 0 aromatic carbocycles. The van der Waals surface area contributed by atoms with E-state index in [9.17, 15) is 9.59 Å². The molecule has 1 aliphatic heterocycles. The molecule has 0 bridgehead atoms. The Morgan fingerprint density at radius 1 is 1.41 bits per heavy atom. The Morgan fingerprint density at radius 2 is 2.06 bits per heavy atom. The highest BCUT2D eigenvalue weighted by atomic mass is 16.5. The summed E-state index contributed by atoms with van der Waals surface area (Å²) >= 11 is 0. The van der Waals surface area contributed by atoms with E-state index in [0.29, 0.717) is 19.8 Å². The number of aliphatic carboxylic acids is 1. The average Bonchev–Trinajstić information content (AvgIpc) is 2.30. The number of carbonyl (C=O) groups excluding carboxylic acids is 1. The molecule has 1 atom stereocenters. The first kappa shape index (κ1) is 13.9. The Balaban J connectivity index is 2.38. The number of nitrogens with zero attached hydrogens (tertiary/aromatic N) is 1. The van der Waals surface area contributed by atoms with Crippen molar-refractivity contribution in [3.05, 3.63) is 0 Å². The fourth-order valence-corrected chi connectivity index (χ4v) is 1.72. The lowest BCUT2D eigenvalue weighted by atomic mass is 10.1. The van der Waals surface area contributed by atoms with Crippen LogP contribution >= 0.6 is 0 Å². The summed E-state index contributed by atoms with van der Waals surface area (Å²) in [4.78, 5) is 24.5. The molecule has 1 heterocycles. The summed E-state index contributed by atoms with van der Waals surface area (Å²) < 4.78 is 9.93. The van der Waals surface area contributed by atoms with Gasteiger partial charge in [-0.05, 0) is 19.9 Å². The molecule has 1 unspecified atom stereocenters. The average molecular weight is 245 g/mol. The molecular weight excluding hydrogens is 226 g/mol. The normalized spacial score (nSPS) is 18.6. The van der Waals surface area contributed by atoms with Crippen LogP contribution < -0.4 is 0 Å². The zero-order valence-electron chi connectivity index (χ0n) is 10.1. The van der Waals surface area contributed by atoms with Crippen molar-refractivity contribution in [1.29, 1.82) is 0 Å².